The van der Waals surface area contributed by atoms with Crippen molar-refractivity contribution in [2.75, 3.05) is 13.1 Å². The van der Waals surface area contributed by atoms with Crippen LogP contribution in [0.4, 0.5) is 4.79 Å². The quantitative estimate of drug-likeness (QED) is 0.610. The molecule has 6 heteroatoms. The third-order valence-electron chi connectivity index (χ3n) is 3.48. The van der Waals surface area contributed by atoms with Gasteiger partial charge in [0.05, 0.1) is 4.91 Å². The second kappa shape index (κ2) is 8.49. The SMILES string of the molecule is C=CCCC(=O)NCCN1C(=O)SC(=Cc2ccc(C)cc2)C1=O. The summed E-state index contributed by atoms with van der Waals surface area (Å²) in [7, 11) is 0. The van der Waals surface area contributed by atoms with E-state index in [1.165, 1.54) is 4.90 Å². The second-order valence-electron chi connectivity index (χ2n) is 5.42. The van der Waals surface area contributed by atoms with Crippen molar-refractivity contribution < 1.29 is 14.4 Å². The lowest BCUT2D eigenvalue weighted by atomic mass is 10.1. The van der Waals surface area contributed by atoms with Gasteiger partial charge in [0.15, 0.2) is 0 Å². The van der Waals surface area contributed by atoms with Crippen LogP contribution >= 0.6 is 11.8 Å². The molecule has 1 fully saturated rings. The highest BCUT2D eigenvalue weighted by atomic mass is 32.2. The zero-order valence-electron chi connectivity index (χ0n) is 13.6. The summed E-state index contributed by atoms with van der Waals surface area (Å²) in [5, 5.41) is 2.39. The predicted molar refractivity (Wildman–Crippen MR) is 96.3 cm³/mol. The number of amides is 3. The molecule has 1 aliphatic rings. The molecule has 1 aromatic carbocycles. The average molecular weight is 344 g/mol. The first-order valence-corrected chi connectivity index (χ1v) is 8.52. The molecule has 0 aliphatic carbocycles. The van der Waals surface area contributed by atoms with E-state index in [-0.39, 0.29) is 30.1 Å². The summed E-state index contributed by atoms with van der Waals surface area (Å²) in [6.45, 7) is 5.98. The number of nitrogens with zero attached hydrogens (tertiary/aromatic N) is 1. The van der Waals surface area contributed by atoms with Gasteiger partial charge in [-0.3, -0.25) is 19.3 Å². The molecule has 0 atom stereocenters. The average Bonchev–Trinajstić information content (AvgIpc) is 2.82. The highest BCUT2D eigenvalue weighted by Crippen LogP contribution is 2.31. The van der Waals surface area contributed by atoms with Crippen LogP contribution in [0, 0.1) is 6.92 Å². The van der Waals surface area contributed by atoms with Crippen LogP contribution < -0.4 is 5.32 Å². The van der Waals surface area contributed by atoms with Crippen molar-refractivity contribution in [3.8, 4) is 0 Å². The molecule has 1 heterocycles. The first-order valence-electron chi connectivity index (χ1n) is 7.71. The smallest absolute Gasteiger partial charge is 0.293 e. The van der Waals surface area contributed by atoms with E-state index in [1.54, 1.807) is 12.2 Å². The number of carbonyl (C=O) groups is 3. The molecule has 0 unspecified atom stereocenters. The van der Waals surface area contributed by atoms with Crippen LogP contribution in [-0.2, 0) is 9.59 Å². The van der Waals surface area contributed by atoms with E-state index >= 15 is 0 Å². The minimum Gasteiger partial charge on any atom is -0.354 e. The number of benzene rings is 1. The molecule has 5 nitrogen and oxygen atoms in total. The zero-order chi connectivity index (χ0) is 17.5. The minimum absolute atomic E-state index is 0.114. The lowest BCUT2D eigenvalue weighted by Crippen LogP contribution is -2.37. The molecule has 126 valence electrons. The molecule has 0 radical (unpaired) electrons. The van der Waals surface area contributed by atoms with E-state index in [0.717, 1.165) is 22.9 Å². The highest BCUT2D eigenvalue weighted by Gasteiger charge is 2.34. The number of imide groups is 1. The Kier molecular flexibility index (Phi) is 6.37. The van der Waals surface area contributed by atoms with Gasteiger partial charge in [0.25, 0.3) is 11.1 Å². The molecule has 3 amide bonds. The van der Waals surface area contributed by atoms with Crippen LogP contribution in [0.2, 0.25) is 0 Å². The monoisotopic (exact) mass is 344 g/mol. The fraction of sp³-hybridized carbons (Fsp3) is 0.278. The van der Waals surface area contributed by atoms with Crippen LogP contribution in [0.1, 0.15) is 24.0 Å². The third kappa shape index (κ3) is 4.83. The molecule has 0 saturated carbocycles. The molecule has 1 aromatic rings. The van der Waals surface area contributed by atoms with Crippen molar-refractivity contribution in [1.29, 1.82) is 0 Å². The number of thioether (sulfide) groups is 1. The molecular formula is C18H20N2O3S. The summed E-state index contributed by atoms with van der Waals surface area (Å²) in [6, 6.07) is 7.72. The Bertz CT molecular complexity index is 680. The third-order valence-corrected chi connectivity index (χ3v) is 4.39. The first-order chi connectivity index (χ1) is 11.5. The summed E-state index contributed by atoms with van der Waals surface area (Å²) in [4.78, 5) is 37.4. The summed E-state index contributed by atoms with van der Waals surface area (Å²) < 4.78 is 0. The molecule has 0 spiro atoms. The van der Waals surface area contributed by atoms with Gasteiger partial charge in [-0.15, -0.1) is 6.58 Å². The molecule has 1 aliphatic heterocycles. The van der Waals surface area contributed by atoms with Crippen LogP contribution in [0.15, 0.2) is 41.8 Å². The van der Waals surface area contributed by atoms with Crippen LogP contribution in [0.5, 0.6) is 0 Å². The van der Waals surface area contributed by atoms with Gasteiger partial charge in [0.2, 0.25) is 5.91 Å². The van der Waals surface area contributed by atoms with E-state index in [2.05, 4.69) is 11.9 Å². The molecular weight excluding hydrogens is 324 g/mol. The topological polar surface area (TPSA) is 66.5 Å². The Labute approximate surface area is 145 Å². The lowest BCUT2D eigenvalue weighted by Gasteiger charge is -2.12. The van der Waals surface area contributed by atoms with Gasteiger partial charge in [0, 0.05) is 19.5 Å². The Morgan fingerprint density at radius 3 is 2.67 bits per heavy atom. The molecule has 1 N–H and O–H groups in total. The Hall–Kier alpha value is -2.34. The van der Waals surface area contributed by atoms with E-state index in [9.17, 15) is 14.4 Å². The normalized spacial score (nSPS) is 15.9. The second-order valence-corrected chi connectivity index (χ2v) is 6.41. The fourth-order valence-corrected chi connectivity index (χ4v) is 3.00. The summed E-state index contributed by atoms with van der Waals surface area (Å²) >= 11 is 0.926. The van der Waals surface area contributed by atoms with Crippen molar-refractivity contribution in [2.24, 2.45) is 0 Å². The maximum Gasteiger partial charge on any atom is 0.293 e. The van der Waals surface area contributed by atoms with Crippen molar-refractivity contribution >= 4 is 34.9 Å². The number of aryl methyl sites for hydroxylation is 1. The zero-order valence-corrected chi connectivity index (χ0v) is 14.4. The van der Waals surface area contributed by atoms with Gasteiger partial charge in [-0.1, -0.05) is 35.9 Å². The first kappa shape index (κ1) is 18.0. The van der Waals surface area contributed by atoms with Crippen molar-refractivity contribution in [3.05, 3.63) is 53.0 Å². The minimum atomic E-state index is -0.314. The molecule has 24 heavy (non-hydrogen) atoms. The van der Waals surface area contributed by atoms with Crippen LogP contribution in [0.25, 0.3) is 6.08 Å². The summed E-state index contributed by atoms with van der Waals surface area (Å²) in [5.41, 5.74) is 2.01. The number of rotatable bonds is 7. The molecule has 0 bridgehead atoms. The molecule has 0 aromatic heterocycles. The van der Waals surface area contributed by atoms with Crippen LogP contribution in [-0.4, -0.2) is 35.0 Å². The largest absolute Gasteiger partial charge is 0.354 e. The van der Waals surface area contributed by atoms with E-state index in [0.29, 0.717) is 17.7 Å². The van der Waals surface area contributed by atoms with Gasteiger partial charge in [-0.2, -0.15) is 0 Å². The fourth-order valence-electron chi connectivity index (χ4n) is 2.14. The van der Waals surface area contributed by atoms with E-state index in [1.807, 2.05) is 31.2 Å². The predicted octanol–water partition coefficient (Wildman–Crippen LogP) is 3.11. The van der Waals surface area contributed by atoms with Crippen molar-refractivity contribution in [1.82, 2.24) is 10.2 Å². The van der Waals surface area contributed by atoms with Gasteiger partial charge in [0.1, 0.15) is 0 Å². The van der Waals surface area contributed by atoms with Gasteiger partial charge in [-0.05, 0) is 36.7 Å². The molecule has 1 saturated heterocycles. The number of carbonyl (C=O) groups excluding carboxylic acids is 3. The van der Waals surface area contributed by atoms with E-state index in [4.69, 9.17) is 0 Å². The Morgan fingerprint density at radius 2 is 2.00 bits per heavy atom. The van der Waals surface area contributed by atoms with Gasteiger partial charge in [-0.25, -0.2) is 0 Å². The van der Waals surface area contributed by atoms with Gasteiger partial charge >= 0.3 is 0 Å². The number of hydrogen-bond acceptors (Lipinski definition) is 4. The van der Waals surface area contributed by atoms with Crippen LogP contribution in [0.3, 0.4) is 0 Å². The summed E-state index contributed by atoms with van der Waals surface area (Å²) in [6.07, 6.45) is 4.35. The Morgan fingerprint density at radius 1 is 1.29 bits per heavy atom. The highest BCUT2D eigenvalue weighted by molar-refractivity contribution is 8.18. The molecule has 2 rings (SSSR count). The summed E-state index contributed by atoms with van der Waals surface area (Å²) in [5.74, 6) is -0.428. The number of allylic oxidation sites excluding steroid dienone is 1. The van der Waals surface area contributed by atoms with Crippen molar-refractivity contribution in [2.45, 2.75) is 19.8 Å². The maximum absolute atomic E-state index is 12.3. The maximum atomic E-state index is 12.3. The van der Waals surface area contributed by atoms with Gasteiger partial charge < -0.3 is 5.32 Å². The standard InChI is InChI=1S/C18H20N2O3S/c1-3-4-5-16(21)19-10-11-20-17(22)15(24-18(20)23)12-14-8-6-13(2)7-9-14/h3,6-9,12H,1,4-5,10-11H2,2H3,(H,19,21). The Balaban J connectivity index is 1.92. The number of nitrogens with one attached hydrogen (secondary N) is 1. The van der Waals surface area contributed by atoms with Crippen molar-refractivity contribution in [3.63, 3.8) is 0 Å². The van der Waals surface area contributed by atoms with E-state index < -0.39 is 0 Å². The lowest BCUT2D eigenvalue weighted by molar-refractivity contribution is -0.124. The number of hydrogen-bond donors (Lipinski definition) is 1.